The van der Waals surface area contributed by atoms with Crippen molar-refractivity contribution in [2.75, 3.05) is 36.0 Å². The predicted molar refractivity (Wildman–Crippen MR) is 79.9 cm³/mol. The number of rotatable bonds is 3. The summed E-state index contributed by atoms with van der Waals surface area (Å²) in [6.07, 6.45) is 2.42. The summed E-state index contributed by atoms with van der Waals surface area (Å²) in [5.74, 6) is 1.41. The van der Waals surface area contributed by atoms with E-state index in [4.69, 9.17) is 0 Å². The molecule has 0 atom stereocenters. The molecular formula is C13H14BrF2N5. The minimum absolute atomic E-state index is 0.0199. The van der Waals surface area contributed by atoms with E-state index in [1.807, 2.05) is 4.90 Å². The number of pyridine rings is 1. The van der Waals surface area contributed by atoms with Gasteiger partial charge in [-0.1, -0.05) is 0 Å². The number of nitrogens with zero attached hydrogens (tertiary/aromatic N) is 4. The molecule has 1 N–H and O–H groups in total. The van der Waals surface area contributed by atoms with E-state index in [9.17, 15) is 8.78 Å². The van der Waals surface area contributed by atoms with Crippen molar-refractivity contribution >= 4 is 27.7 Å². The number of piperazine rings is 1. The van der Waals surface area contributed by atoms with Gasteiger partial charge in [-0.3, -0.25) is 0 Å². The van der Waals surface area contributed by atoms with Crippen LogP contribution in [-0.4, -0.2) is 41.1 Å². The number of H-pyrrole nitrogens is 1. The van der Waals surface area contributed by atoms with Crippen LogP contribution in [0.15, 0.2) is 29.1 Å². The van der Waals surface area contributed by atoms with Gasteiger partial charge in [0, 0.05) is 50.3 Å². The second kappa shape index (κ2) is 5.97. The van der Waals surface area contributed by atoms with Crippen molar-refractivity contribution in [3.8, 4) is 0 Å². The maximum Gasteiger partial charge on any atom is 0.265 e. The molecule has 0 radical (unpaired) electrons. The van der Waals surface area contributed by atoms with Crippen LogP contribution < -0.4 is 9.80 Å². The number of hydrogen-bond acceptors (Lipinski definition) is 4. The summed E-state index contributed by atoms with van der Waals surface area (Å²) in [7, 11) is 0. The van der Waals surface area contributed by atoms with E-state index < -0.39 is 6.43 Å². The first-order valence-corrected chi connectivity index (χ1v) is 7.38. The molecule has 112 valence electrons. The van der Waals surface area contributed by atoms with Crippen molar-refractivity contribution < 1.29 is 8.78 Å². The molecule has 0 aromatic carbocycles. The summed E-state index contributed by atoms with van der Waals surface area (Å²) >= 11 is 3.25. The fourth-order valence-corrected chi connectivity index (χ4v) is 3.05. The lowest BCUT2D eigenvalue weighted by Crippen LogP contribution is -2.47. The van der Waals surface area contributed by atoms with Crippen molar-refractivity contribution in [3.63, 3.8) is 0 Å². The highest BCUT2D eigenvalue weighted by atomic mass is 79.9. The quantitative estimate of drug-likeness (QED) is 0.917. The Kier molecular flexibility index (Phi) is 4.05. The Labute approximate surface area is 129 Å². The summed E-state index contributed by atoms with van der Waals surface area (Å²) in [4.78, 5) is 15.7. The van der Waals surface area contributed by atoms with E-state index in [-0.39, 0.29) is 5.56 Å². The van der Waals surface area contributed by atoms with Crippen LogP contribution in [0, 0.1) is 0 Å². The lowest BCUT2D eigenvalue weighted by molar-refractivity contribution is 0.150. The van der Waals surface area contributed by atoms with Crippen LogP contribution in [0.3, 0.4) is 0 Å². The van der Waals surface area contributed by atoms with E-state index in [2.05, 4.69) is 35.8 Å². The van der Waals surface area contributed by atoms with Gasteiger partial charge in [-0.25, -0.2) is 18.7 Å². The highest BCUT2D eigenvalue weighted by molar-refractivity contribution is 9.10. The molecule has 21 heavy (non-hydrogen) atoms. The van der Waals surface area contributed by atoms with E-state index in [1.54, 1.807) is 12.4 Å². The van der Waals surface area contributed by atoms with E-state index in [1.165, 1.54) is 12.3 Å². The molecule has 5 nitrogen and oxygen atoms in total. The van der Waals surface area contributed by atoms with Crippen LogP contribution in [0.25, 0.3) is 0 Å². The zero-order valence-electron chi connectivity index (χ0n) is 11.1. The monoisotopic (exact) mass is 357 g/mol. The molecule has 0 aliphatic carbocycles. The van der Waals surface area contributed by atoms with Crippen molar-refractivity contribution in [2.24, 2.45) is 0 Å². The van der Waals surface area contributed by atoms with Gasteiger partial charge in [-0.2, -0.15) is 0 Å². The Morgan fingerprint density at radius 3 is 2.43 bits per heavy atom. The van der Waals surface area contributed by atoms with Crippen molar-refractivity contribution in [3.05, 3.63) is 34.7 Å². The lowest BCUT2D eigenvalue weighted by atomic mass is 10.2. The lowest BCUT2D eigenvalue weighted by Gasteiger charge is -2.35. The normalized spacial score (nSPS) is 15.8. The van der Waals surface area contributed by atoms with Gasteiger partial charge in [0.1, 0.15) is 5.82 Å². The standard InChI is InChI=1S/C13H14BrF2N5/c14-10-9(11(15)16)1-2-17-12(10)20-5-7-21(8-6-20)13-18-3-4-19-13/h1-4,11H,5-8H2,(H,18,19). The van der Waals surface area contributed by atoms with Crippen molar-refractivity contribution in [1.82, 2.24) is 15.0 Å². The molecule has 0 unspecified atom stereocenters. The minimum Gasteiger partial charge on any atom is -0.352 e. The zero-order valence-corrected chi connectivity index (χ0v) is 12.7. The third-order valence-electron chi connectivity index (χ3n) is 3.50. The highest BCUT2D eigenvalue weighted by Crippen LogP contribution is 2.33. The van der Waals surface area contributed by atoms with E-state index >= 15 is 0 Å². The number of anilines is 2. The average Bonchev–Trinajstić information content (AvgIpc) is 3.02. The predicted octanol–water partition coefficient (Wildman–Crippen LogP) is 2.83. The second-order valence-corrected chi connectivity index (χ2v) is 5.52. The van der Waals surface area contributed by atoms with Gasteiger partial charge in [-0.15, -0.1) is 0 Å². The second-order valence-electron chi connectivity index (χ2n) is 4.73. The third-order valence-corrected chi connectivity index (χ3v) is 4.31. The van der Waals surface area contributed by atoms with Crippen molar-refractivity contribution in [1.29, 1.82) is 0 Å². The number of hydrogen-bond donors (Lipinski definition) is 1. The largest absolute Gasteiger partial charge is 0.352 e. The number of alkyl halides is 2. The van der Waals surface area contributed by atoms with Gasteiger partial charge in [-0.05, 0) is 22.0 Å². The molecule has 0 bridgehead atoms. The Hall–Kier alpha value is -1.70. The minimum atomic E-state index is -2.51. The smallest absolute Gasteiger partial charge is 0.265 e. The van der Waals surface area contributed by atoms with Crippen LogP contribution in [-0.2, 0) is 0 Å². The molecule has 2 aromatic rings. The first-order valence-electron chi connectivity index (χ1n) is 6.58. The SMILES string of the molecule is FC(F)c1ccnc(N2CCN(c3ncc[nH]3)CC2)c1Br. The number of halogens is 3. The summed E-state index contributed by atoms with van der Waals surface area (Å²) in [5, 5.41) is 0. The number of nitrogens with one attached hydrogen (secondary N) is 1. The summed E-state index contributed by atoms with van der Waals surface area (Å²) in [6.45, 7) is 2.94. The molecule has 3 rings (SSSR count). The van der Waals surface area contributed by atoms with Crippen LogP contribution in [0.2, 0.25) is 0 Å². The average molecular weight is 358 g/mol. The number of aromatic nitrogens is 3. The molecule has 0 saturated carbocycles. The number of aromatic amines is 1. The molecule has 3 heterocycles. The molecule has 1 saturated heterocycles. The summed E-state index contributed by atoms with van der Waals surface area (Å²) < 4.78 is 26.2. The molecule has 0 amide bonds. The third kappa shape index (κ3) is 2.85. The Balaban J connectivity index is 1.74. The maximum atomic E-state index is 12.9. The van der Waals surface area contributed by atoms with Gasteiger partial charge < -0.3 is 14.8 Å². The van der Waals surface area contributed by atoms with Gasteiger partial charge in [0.15, 0.2) is 0 Å². The number of imidazole rings is 1. The van der Waals surface area contributed by atoms with Crippen molar-refractivity contribution in [2.45, 2.75) is 6.43 Å². The molecule has 1 aliphatic rings. The van der Waals surface area contributed by atoms with E-state index in [0.29, 0.717) is 23.4 Å². The van der Waals surface area contributed by atoms with Crippen LogP contribution in [0.4, 0.5) is 20.5 Å². The van der Waals surface area contributed by atoms with Gasteiger partial charge >= 0.3 is 0 Å². The van der Waals surface area contributed by atoms with E-state index in [0.717, 1.165) is 19.0 Å². The zero-order chi connectivity index (χ0) is 14.8. The molecule has 2 aromatic heterocycles. The van der Waals surface area contributed by atoms with Gasteiger partial charge in [0.25, 0.3) is 6.43 Å². The fourth-order valence-electron chi connectivity index (χ4n) is 2.40. The summed E-state index contributed by atoms with van der Waals surface area (Å²) in [5.41, 5.74) is -0.0199. The first kappa shape index (κ1) is 14.2. The van der Waals surface area contributed by atoms with Gasteiger partial charge in [0.2, 0.25) is 5.95 Å². The molecule has 1 aliphatic heterocycles. The molecular weight excluding hydrogens is 344 g/mol. The molecule has 1 fully saturated rings. The topological polar surface area (TPSA) is 48.1 Å². The Morgan fingerprint density at radius 2 is 1.81 bits per heavy atom. The molecule has 8 heteroatoms. The summed E-state index contributed by atoms with van der Waals surface area (Å²) in [6, 6.07) is 1.34. The Morgan fingerprint density at radius 1 is 1.10 bits per heavy atom. The van der Waals surface area contributed by atoms with Crippen LogP contribution >= 0.6 is 15.9 Å². The molecule has 0 spiro atoms. The maximum absolute atomic E-state index is 12.9. The van der Waals surface area contributed by atoms with Crippen LogP contribution in [0.1, 0.15) is 12.0 Å². The highest BCUT2D eigenvalue weighted by Gasteiger charge is 2.23. The van der Waals surface area contributed by atoms with Gasteiger partial charge in [0.05, 0.1) is 4.47 Å². The first-order chi connectivity index (χ1) is 10.2. The van der Waals surface area contributed by atoms with Crippen LogP contribution in [0.5, 0.6) is 0 Å². The Bertz CT molecular complexity index is 597. The fraction of sp³-hybridized carbons (Fsp3) is 0.385.